The zero-order valence-corrected chi connectivity index (χ0v) is 11.4. The zero-order chi connectivity index (χ0) is 13.7. The van der Waals surface area contributed by atoms with Gasteiger partial charge in [0.15, 0.2) is 0 Å². The Labute approximate surface area is 114 Å². The van der Waals surface area contributed by atoms with Crippen molar-refractivity contribution >= 4 is 11.7 Å². The molecule has 0 spiro atoms. The van der Waals surface area contributed by atoms with Crippen LogP contribution in [0, 0.1) is 0 Å². The van der Waals surface area contributed by atoms with Crippen LogP contribution in [-0.2, 0) is 0 Å². The minimum atomic E-state index is -0.0911. The summed E-state index contributed by atoms with van der Waals surface area (Å²) >= 11 is 0. The van der Waals surface area contributed by atoms with E-state index in [0.717, 1.165) is 31.7 Å². The number of pyridine rings is 1. The number of amides is 1. The normalized spacial score (nSPS) is 17.1. The first kappa shape index (κ1) is 13.8. The molecule has 1 aromatic heterocycles. The molecule has 0 saturated carbocycles. The Bertz CT molecular complexity index is 429. The molecule has 104 valence electrons. The van der Waals surface area contributed by atoms with Crippen molar-refractivity contribution in [3.63, 3.8) is 0 Å². The first-order valence-corrected chi connectivity index (χ1v) is 6.93. The Hall–Kier alpha value is -1.62. The van der Waals surface area contributed by atoms with Gasteiger partial charge in [-0.3, -0.25) is 4.79 Å². The van der Waals surface area contributed by atoms with E-state index in [9.17, 15) is 4.79 Å². The fourth-order valence-electron chi connectivity index (χ4n) is 2.29. The van der Waals surface area contributed by atoms with Gasteiger partial charge >= 0.3 is 0 Å². The summed E-state index contributed by atoms with van der Waals surface area (Å²) in [6.45, 7) is 4.29. The van der Waals surface area contributed by atoms with Crippen molar-refractivity contribution < 1.29 is 4.79 Å². The van der Waals surface area contributed by atoms with Gasteiger partial charge in [-0.05, 0) is 38.3 Å². The number of hydrogen-bond acceptors (Lipinski definition) is 4. The van der Waals surface area contributed by atoms with Crippen molar-refractivity contribution in [2.75, 3.05) is 24.5 Å². The quantitative estimate of drug-likeness (QED) is 0.854. The van der Waals surface area contributed by atoms with Crippen molar-refractivity contribution in [2.24, 2.45) is 5.73 Å². The molecule has 1 amide bonds. The fraction of sp³-hybridized carbons (Fsp3) is 0.571. The van der Waals surface area contributed by atoms with Gasteiger partial charge in [-0.1, -0.05) is 0 Å². The second-order valence-electron chi connectivity index (χ2n) is 5.03. The summed E-state index contributed by atoms with van der Waals surface area (Å²) in [5.41, 5.74) is 6.18. The molecule has 1 aliphatic heterocycles. The topological polar surface area (TPSA) is 71.2 Å². The van der Waals surface area contributed by atoms with Gasteiger partial charge in [0, 0.05) is 31.9 Å². The highest BCUT2D eigenvalue weighted by Crippen LogP contribution is 2.21. The Balaban J connectivity index is 2.17. The largest absolute Gasteiger partial charge is 0.356 e. The summed E-state index contributed by atoms with van der Waals surface area (Å²) < 4.78 is 0. The second-order valence-corrected chi connectivity index (χ2v) is 5.03. The molecule has 0 radical (unpaired) electrons. The molecule has 2 heterocycles. The maximum Gasteiger partial charge on any atom is 0.255 e. The Morgan fingerprint density at radius 2 is 2.21 bits per heavy atom. The van der Waals surface area contributed by atoms with Crippen molar-refractivity contribution in [3.8, 4) is 0 Å². The van der Waals surface area contributed by atoms with E-state index in [4.69, 9.17) is 5.73 Å². The number of carbonyl (C=O) groups is 1. The molecule has 19 heavy (non-hydrogen) atoms. The standard InChI is InChI=1S/C14H22N4O/c1-11(10-15)17-14(19)12-6-5-7-16-13(12)18-8-3-2-4-9-18/h5-7,11H,2-4,8-10,15H2,1H3,(H,17,19)/t11-/m0/s1. The van der Waals surface area contributed by atoms with Crippen LogP contribution < -0.4 is 16.0 Å². The first-order valence-electron chi connectivity index (χ1n) is 6.93. The van der Waals surface area contributed by atoms with Crippen LogP contribution in [-0.4, -0.2) is 36.6 Å². The lowest BCUT2D eigenvalue weighted by molar-refractivity contribution is 0.0941. The Morgan fingerprint density at radius 3 is 2.89 bits per heavy atom. The summed E-state index contributed by atoms with van der Waals surface area (Å²) in [7, 11) is 0. The van der Waals surface area contributed by atoms with Crippen molar-refractivity contribution in [1.29, 1.82) is 0 Å². The molecule has 0 bridgehead atoms. The van der Waals surface area contributed by atoms with E-state index in [1.807, 2.05) is 13.0 Å². The van der Waals surface area contributed by atoms with Gasteiger partial charge in [0.1, 0.15) is 5.82 Å². The van der Waals surface area contributed by atoms with Gasteiger partial charge < -0.3 is 16.0 Å². The maximum absolute atomic E-state index is 12.2. The van der Waals surface area contributed by atoms with Gasteiger partial charge in [0.05, 0.1) is 5.56 Å². The molecule has 1 aromatic rings. The predicted octanol–water partition coefficient (Wildman–Crippen LogP) is 1.15. The van der Waals surface area contributed by atoms with Crippen LogP contribution in [0.5, 0.6) is 0 Å². The molecular weight excluding hydrogens is 240 g/mol. The van der Waals surface area contributed by atoms with Crippen LogP contribution in [0.1, 0.15) is 36.5 Å². The second kappa shape index (κ2) is 6.52. The van der Waals surface area contributed by atoms with Crippen molar-refractivity contribution in [1.82, 2.24) is 10.3 Å². The highest BCUT2D eigenvalue weighted by molar-refractivity contribution is 5.99. The predicted molar refractivity (Wildman–Crippen MR) is 76.3 cm³/mol. The van der Waals surface area contributed by atoms with E-state index in [0.29, 0.717) is 12.1 Å². The Morgan fingerprint density at radius 1 is 1.47 bits per heavy atom. The molecule has 2 rings (SSSR count). The average Bonchev–Trinajstić information content (AvgIpc) is 2.48. The van der Waals surface area contributed by atoms with Crippen LogP contribution >= 0.6 is 0 Å². The molecule has 1 aliphatic rings. The third-order valence-electron chi connectivity index (χ3n) is 3.42. The van der Waals surface area contributed by atoms with Gasteiger partial charge in [0.2, 0.25) is 0 Å². The highest BCUT2D eigenvalue weighted by Gasteiger charge is 2.20. The molecule has 5 nitrogen and oxygen atoms in total. The van der Waals surface area contributed by atoms with Crippen molar-refractivity contribution in [2.45, 2.75) is 32.2 Å². The van der Waals surface area contributed by atoms with E-state index in [2.05, 4.69) is 15.2 Å². The SMILES string of the molecule is C[C@@H](CN)NC(=O)c1cccnc1N1CCCCC1. The maximum atomic E-state index is 12.2. The van der Waals surface area contributed by atoms with Crippen LogP contribution in [0.25, 0.3) is 0 Å². The molecule has 5 heteroatoms. The summed E-state index contributed by atoms with van der Waals surface area (Å²) in [5.74, 6) is 0.704. The molecule has 1 saturated heterocycles. The van der Waals surface area contributed by atoms with E-state index in [-0.39, 0.29) is 11.9 Å². The van der Waals surface area contributed by atoms with Crippen LogP contribution in [0.2, 0.25) is 0 Å². The first-order chi connectivity index (χ1) is 9.22. The number of rotatable bonds is 4. The number of anilines is 1. The van der Waals surface area contributed by atoms with E-state index in [1.54, 1.807) is 12.3 Å². The number of nitrogens with two attached hydrogens (primary N) is 1. The number of piperidine rings is 1. The van der Waals surface area contributed by atoms with Crippen LogP contribution in [0.3, 0.4) is 0 Å². The van der Waals surface area contributed by atoms with Gasteiger partial charge in [-0.25, -0.2) is 4.98 Å². The average molecular weight is 262 g/mol. The third kappa shape index (κ3) is 3.44. The summed E-state index contributed by atoms with van der Waals surface area (Å²) in [6, 6.07) is 3.60. The van der Waals surface area contributed by atoms with E-state index < -0.39 is 0 Å². The van der Waals surface area contributed by atoms with E-state index in [1.165, 1.54) is 6.42 Å². The molecule has 0 unspecified atom stereocenters. The molecule has 0 aliphatic carbocycles. The number of carbonyl (C=O) groups excluding carboxylic acids is 1. The number of nitrogens with one attached hydrogen (secondary N) is 1. The van der Waals surface area contributed by atoms with Gasteiger partial charge in [-0.15, -0.1) is 0 Å². The molecule has 0 aromatic carbocycles. The lowest BCUT2D eigenvalue weighted by atomic mass is 10.1. The van der Waals surface area contributed by atoms with Gasteiger partial charge in [-0.2, -0.15) is 0 Å². The third-order valence-corrected chi connectivity index (χ3v) is 3.42. The molecular formula is C14H22N4O. The molecule has 1 atom stereocenters. The monoisotopic (exact) mass is 262 g/mol. The molecule has 1 fully saturated rings. The van der Waals surface area contributed by atoms with Crippen LogP contribution in [0.4, 0.5) is 5.82 Å². The zero-order valence-electron chi connectivity index (χ0n) is 11.4. The number of hydrogen-bond donors (Lipinski definition) is 2. The van der Waals surface area contributed by atoms with Crippen molar-refractivity contribution in [3.05, 3.63) is 23.9 Å². The van der Waals surface area contributed by atoms with Crippen LogP contribution in [0.15, 0.2) is 18.3 Å². The number of aromatic nitrogens is 1. The lowest BCUT2D eigenvalue weighted by Crippen LogP contribution is -2.39. The minimum absolute atomic E-state index is 0.0260. The summed E-state index contributed by atoms with van der Waals surface area (Å²) in [6.07, 6.45) is 5.33. The highest BCUT2D eigenvalue weighted by atomic mass is 16.1. The lowest BCUT2D eigenvalue weighted by Gasteiger charge is -2.29. The number of nitrogens with zero attached hydrogens (tertiary/aromatic N) is 2. The van der Waals surface area contributed by atoms with Gasteiger partial charge in [0.25, 0.3) is 5.91 Å². The summed E-state index contributed by atoms with van der Waals surface area (Å²) in [4.78, 5) is 18.8. The molecule has 3 N–H and O–H groups in total. The Kier molecular flexibility index (Phi) is 4.74. The fourth-order valence-corrected chi connectivity index (χ4v) is 2.29. The minimum Gasteiger partial charge on any atom is -0.356 e. The smallest absolute Gasteiger partial charge is 0.255 e. The summed E-state index contributed by atoms with van der Waals surface area (Å²) in [5, 5.41) is 2.89. The van der Waals surface area contributed by atoms with E-state index >= 15 is 0 Å².